The maximum atomic E-state index is 3.29. The second-order valence-corrected chi connectivity index (χ2v) is 4.53. The van der Waals surface area contributed by atoms with Crippen LogP contribution in [0.25, 0.3) is 0 Å². The van der Waals surface area contributed by atoms with E-state index >= 15 is 0 Å². The summed E-state index contributed by atoms with van der Waals surface area (Å²) in [7, 11) is 2.05. The van der Waals surface area contributed by atoms with Crippen LogP contribution in [-0.2, 0) is 0 Å². The summed E-state index contributed by atoms with van der Waals surface area (Å²) in [5, 5.41) is 3.29. The molecule has 1 N–H and O–H groups in total. The highest BCUT2D eigenvalue weighted by Gasteiger charge is 2.02. The summed E-state index contributed by atoms with van der Waals surface area (Å²) in [5.74, 6) is 0. The van der Waals surface area contributed by atoms with Gasteiger partial charge in [-0.05, 0) is 59.3 Å². The average Bonchev–Trinajstić information content (AvgIpc) is 2.24. The Morgan fingerprint density at radius 1 is 1.00 bits per heavy atom. The number of rotatable bonds is 10. The van der Waals surface area contributed by atoms with Gasteiger partial charge in [-0.1, -0.05) is 20.3 Å². The Morgan fingerprint density at radius 3 is 2.07 bits per heavy atom. The molecule has 0 amide bonds. The minimum Gasteiger partial charge on any atom is -0.317 e. The molecule has 0 aromatic carbocycles. The van der Waals surface area contributed by atoms with Crippen molar-refractivity contribution in [2.24, 2.45) is 0 Å². The zero-order chi connectivity index (χ0) is 11.5. The summed E-state index contributed by atoms with van der Waals surface area (Å²) in [6.45, 7) is 10.6. The van der Waals surface area contributed by atoms with Crippen molar-refractivity contribution in [3.05, 3.63) is 0 Å². The lowest BCUT2D eigenvalue weighted by Crippen LogP contribution is -2.27. The lowest BCUT2D eigenvalue weighted by Gasteiger charge is -2.21. The lowest BCUT2D eigenvalue weighted by molar-refractivity contribution is 0.266. The van der Waals surface area contributed by atoms with Crippen LogP contribution >= 0.6 is 0 Å². The fourth-order valence-electron chi connectivity index (χ4n) is 1.90. The van der Waals surface area contributed by atoms with Crippen LogP contribution in [-0.4, -0.2) is 37.6 Å². The molecule has 15 heavy (non-hydrogen) atoms. The van der Waals surface area contributed by atoms with Gasteiger partial charge < -0.3 is 10.2 Å². The normalized spacial score (nSPS) is 13.4. The summed E-state index contributed by atoms with van der Waals surface area (Å²) in [6.07, 6.45) is 6.58. The Balaban J connectivity index is 3.43. The van der Waals surface area contributed by atoms with Gasteiger partial charge in [0.05, 0.1) is 0 Å². The largest absolute Gasteiger partial charge is 0.317 e. The summed E-state index contributed by atoms with van der Waals surface area (Å²) in [6, 6.07) is 0.677. The number of unbranched alkanes of at least 4 members (excludes halogenated alkanes) is 1. The van der Waals surface area contributed by atoms with Gasteiger partial charge in [0.2, 0.25) is 0 Å². The van der Waals surface area contributed by atoms with Gasteiger partial charge in [-0.3, -0.25) is 0 Å². The Kier molecular flexibility index (Phi) is 10.4. The minimum atomic E-state index is 0.677. The molecule has 0 saturated carbocycles. The third-order valence-electron chi connectivity index (χ3n) is 2.93. The highest BCUT2D eigenvalue weighted by atomic mass is 15.1. The molecule has 0 aromatic heterocycles. The Morgan fingerprint density at radius 2 is 1.60 bits per heavy atom. The van der Waals surface area contributed by atoms with E-state index in [1.807, 2.05) is 7.05 Å². The molecular weight excluding hydrogens is 184 g/mol. The van der Waals surface area contributed by atoms with Gasteiger partial charge in [0, 0.05) is 6.04 Å². The van der Waals surface area contributed by atoms with Gasteiger partial charge in [0.15, 0.2) is 0 Å². The van der Waals surface area contributed by atoms with E-state index in [0.717, 1.165) is 0 Å². The van der Waals surface area contributed by atoms with E-state index in [1.54, 1.807) is 0 Å². The van der Waals surface area contributed by atoms with Crippen LogP contribution in [0.4, 0.5) is 0 Å². The molecule has 92 valence electrons. The number of hydrogen-bond donors (Lipinski definition) is 1. The first-order valence-electron chi connectivity index (χ1n) is 6.64. The lowest BCUT2D eigenvalue weighted by atomic mass is 10.1. The van der Waals surface area contributed by atoms with Crippen LogP contribution in [0.1, 0.15) is 52.9 Å². The van der Waals surface area contributed by atoms with E-state index in [1.165, 1.54) is 51.7 Å². The van der Waals surface area contributed by atoms with Gasteiger partial charge >= 0.3 is 0 Å². The highest BCUT2D eigenvalue weighted by molar-refractivity contribution is 4.60. The molecule has 0 aromatic rings. The fourth-order valence-corrected chi connectivity index (χ4v) is 1.90. The first kappa shape index (κ1) is 14.9. The summed E-state index contributed by atoms with van der Waals surface area (Å²) >= 11 is 0. The second-order valence-electron chi connectivity index (χ2n) is 4.53. The third-order valence-corrected chi connectivity index (χ3v) is 2.93. The maximum absolute atomic E-state index is 3.29. The van der Waals surface area contributed by atoms with Gasteiger partial charge in [-0.15, -0.1) is 0 Å². The molecule has 2 heteroatoms. The highest BCUT2D eigenvalue weighted by Crippen LogP contribution is 2.03. The molecule has 0 saturated heterocycles. The standard InChI is InChI=1S/C13H30N2/c1-5-10-15(11-6-2)12-8-7-9-13(3)14-4/h13-14H,5-12H2,1-4H3. The number of nitrogens with one attached hydrogen (secondary N) is 1. The third kappa shape index (κ3) is 8.88. The van der Waals surface area contributed by atoms with Crippen molar-refractivity contribution in [2.75, 3.05) is 26.7 Å². The second kappa shape index (κ2) is 10.4. The van der Waals surface area contributed by atoms with Crippen molar-refractivity contribution in [1.29, 1.82) is 0 Å². The van der Waals surface area contributed by atoms with Crippen LogP contribution in [0, 0.1) is 0 Å². The Bertz CT molecular complexity index is 120. The Hall–Kier alpha value is -0.0800. The number of nitrogens with zero attached hydrogens (tertiary/aromatic N) is 1. The maximum Gasteiger partial charge on any atom is 0.00357 e. The van der Waals surface area contributed by atoms with Crippen molar-refractivity contribution in [3.63, 3.8) is 0 Å². The molecule has 0 fully saturated rings. The van der Waals surface area contributed by atoms with Crippen LogP contribution in [0.2, 0.25) is 0 Å². The SMILES string of the molecule is CCCN(CCC)CCCCC(C)NC. The molecular formula is C13H30N2. The predicted octanol–water partition coefficient (Wildman–Crippen LogP) is 2.89. The van der Waals surface area contributed by atoms with E-state index in [-0.39, 0.29) is 0 Å². The first-order valence-corrected chi connectivity index (χ1v) is 6.64. The van der Waals surface area contributed by atoms with Crippen molar-refractivity contribution in [2.45, 2.75) is 58.9 Å². The predicted molar refractivity (Wildman–Crippen MR) is 69.4 cm³/mol. The molecule has 0 rings (SSSR count). The molecule has 1 atom stereocenters. The molecule has 0 aliphatic rings. The van der Waals surface area contributed by atoms with Crippen LogP contribution in [0.5, 0.6) is 0 Å². The minimum absolute atomic E-state index is 0.677. The van der Waals surface area contributed by atoms with Crippen LogP contribution in [0.15, 0.2) is 0 Å². The smallest absolute Gasteiger partial charge is 0.00357 e. The van der Waals surface area contributed by atoms with Crippen LogP contribution in [0.3, 0.4) is 0 Å². The molecule has 1 unspecified atom stereocenters. The molecule has 2 nitrogen and oxygen atoms in total. The number of hydrogen-bond acceptors (Lipinski definition) is 2. The quantitative estimate of drug-likeness (QED) is 0.563. The first-order chi connectivity index (χ1) is 7.24. The zero-order valence-corrected chi connectivity index (χ0v) is 11.2. The van der Waals surface area contributed by atoms with Crippen LogP contribution < -0.4 is 5.32 Å². The molecule has 0 bridgehead atoms. The zero-order valence-electron chi connectivity index (χ0n) is 11.2. The summed E-state index contributed by atoms with van der Waals surface area (Å²) in [5.41, 5.74) is 0. The monoisotopic (exact) mass is 214 g/mol. The molecule has 0 heterocycles. The summed E-state index contributed by atoms with van der Waals surface area (Å²) < 4.78 is 0. The van der Waals surface area contributed by atoms with Crippen molar-refractivity contribution in [3.8, 4) is 0 Å². The van der Waals surface area contributed by atoms with Crippen molar-refractivity contribution in [1.82, 2.24) is 10.2 Å². The molecule has 0 aliphatic heterocycles. The van der Waals surface area contributed by atoms with Crippen molar-refractivity contribution >= 4 is 0 Å². The van der Waals surface area contributed by atoms with Gasteiger partial charge in [0.25, 0.3) is 0 Å². The van der Waals surface area contributed by atoms with E-state index in [0.29, 0.717) is 6.04 Å². The molecule has 0 spiro atoms. The molecule has 0 radical (unpaired) electrons. The topological polar surface area (TPSA) is 15.3 Å². The van der Waals surface area contributed by atoms with Gasteiger partial charge in [0.1, 0.15) is 0 Å². The van der Waals surface area contributed by atoms with E-state index in [2.05, 4.69) is 31.0 Å². The fraction of sp³-hybridized carbons (Fsp3) is 1.00. The van der Waals surface area contributed by atoms with Crippen molar-refractivity contribution < 1.29 is 0 Å². The van der Waals surface area contributed by atoms with Gasteiger partial charge in [-0.2, -0.15) is 0 Å². The Labute approximate surface area is 96.4 Å². The summed E-state index contributed by atoms with van der Waals surface area (Å²) in [4.78, 5) is 2.60. The van der Waals surface area contributed by atoms with E-state index in [4.69, 9.17) is 0 Å². The van der Waals surface area contributed by atoms with E-state index < -0.39 is 0 Å². The molecule has 0 aliphatic carbocycles. The average molecular weight is 214 g/mol. The van der Waals surface area contributed by atoms with E-state index in [9.17, 15) is 0 Å². The van der Waals surface area contributed by atoms with Gasteiger partial charge in [-0.25, -0.2) is 0 Å².